The highest BCUT2D eigenvalue weighted by atomic mass is 35.5. The first-order valence-electron chi connectivity index (χ1n) is 7.93. The number of halogens is 2. The molecule has 0 fully saturated rings. The summed E-state index contributed by atoms with van der Waals surface area (Å²) in [5.41, 5.74) is 1.66. The Balaban J connectivity index is 2.05. The molecule has 0 spiro atoms. The molecule has 0 aromatic heterocycles. The van der Waals surface area contributed by atoms with Crippen LogP contribution in [0.15, 0.2) is 48.5 Å². The largest absolute Gasteiger partial charge is 0.464 e. The fraction of sp³-hybridized carbons (Fsp3) is 0.263. The Bertz CT molecular complexity index is 735. The summed E-state index contributed by atoms with van der Waals surface area (Å²) in [5.74, 6) is -0.735. The van der Waals surface area contributed by atoms with Gasteiger partial charge in [0.15, 0.2) is 0 Å². The fourth-order valence-corrected chi connectivity index (χ4v) is 2.69. The Morgan fingerprint density at radius 1 is 1.04 bits per heavy atom. The normalized spacial score (nSPS) is 11.6. The van der Waals surface area contributed by atoms with Crippen LogP contribution in [0.1, 0.15) is 18.1 Å². The van der Waals surface area contributed by atoms with Gasteiger partial charge in [0.05, 0.1) is 23.1 Å². The minimum absolute atomic E-state index is 0.0988. The van der Waals surface area contributed by atoms with E-state index in [2.05, 4.69) is 5.32 Å². The van der Waals surface area contributed by atoms with Gasteiger partial charge in [0.2, 0.25) is 5.91 Å². The minimum atomic E-state index is -0.738. The SMILES string of the molecule is CCOC(=O)C(Cc1ccccc1)NC(=O)Cc1ccc(Cl)c(Cl)c1. The van der Waals surface area contributed by atoms with E-state index in [9.17, 15) is 9.59 Å². The number of ether oxygens (including phenoxy) is 1. The van der Waals surface area contributed by atoms with Crippen molar-refractivity contribution in [3.05, 3.63) is 69.7 Å². The summed E-state index contributed by atoms with van der Waals surface area (Å²) in [5, 5.41) is 3.56. The average molecular weight is 380 g/mol. The smallest absolute Gasteiger partial charge is 0.328 e. The van der Waals surface area contributed by atoms with Gasteiger partial charge in [-0.3, -0.25) is 4.79 Å². The maximum Gasteiger partial charge on any atom is 0.328 e. The number of benzene rings is 2. The van der Waals surface area contributed by atoms with Gasteiger partial charge in [-0.1, -0.05) is 59.6 Å². The number of carbonyl (C=O) groups is 2. The van der Waals surface area contributed by atoms with Crippen LogP contribution in [0.3, 0.4) is 0 Å². The third-order valence-electron chi connectivity index (χ3n) is 3.54. The monoisotopic (exact) mass is 379 g/mol. The first-order valence-corrected chi connectivity index (χ1v) is 8.69. The van der Waals surface area contributed by atoms with Gasteiger partial charge >= 0.3 is 5.97 Å². The van der Waals surface area contributed by atoms with Crippen LogP contribution in [0, 0.1) is 0 Å². The van der Waals surface area contributed by atoms with E-state index in [1.807, 2.05) is 30.3 Å². The molecule has 132 valence electrons. The predicted molar refractivity (Wildman–Crippen MR) is 98.9 cm³/mol. The van der Waals surface area contributed by atoms with E-state index in [-0.39, 0.29) is 18.9 Å². The molecule has 2 aromatic carbocycles. The molecule has 6 heteroatoms. The quantitative estimate of drug-likeness (QED) is 0.743. The third-order valence-corrected chi connectivity index (χ3v) is 4.28. The molecule has 25 heavy (non-hydrogen) atoms. The second kappa shape index (κ2) is 9.44. The second-order valence-electron chi connectivity index (χ2n) is 5.49. The first kappa shape index (κ1) is 19.3. The van der Waals surface area contributed by atoms with Gasteiger partial charge in [0.25, 0.3) is 0 Å². The zero-order valence-electron chi connectivity index (χ0n) is 13.8. The van der Waals surface area contributed by atoms with Crippen LogP contribution < -0.4 is 5.32 Å². The molecule has 4 nitrogen and oxygen atoms in total. The molecular formula is C19H19Cl2NO3. The molecule has 2 rings (SSSR count). The van der Waals surface area contributed by atoms with Crippen molar-refractivity contribution in [1.82, 2.24) is 5.32 Å². The summed E-state index contributed by atoms with van der Waals surface area (Å²) in [4.78, 5) is 24.5. The fourth-order valence-electron chi connectivity index (χ4n) is 2.37. The Hall–Kier alpha value is -2.04. The summed E-state index contributed by atoms with van der Waals surface area (Å²) >= 11 is 11.8. The van der Waals surface area contributed by atoms with Crippen molar-refractivity contribution >= 4 is 35.1 Å². The molecule has 0 aliphatic heterocycles. The lowest BCUT2D eigenvalue weighted by Gasteiger charge is -2.17. The third kappa shape index (κ3) is 6.07. The van der Waals surface area contributed by atoms with E-state index >= 15 is 0 Å². The number of rotatable bonds is 7. The van der Waals surface area contributed by atoms with Gasteiger partial charge in [-0.25, -0.2) is 4.79 Å². The molecule has 0 aliphatic rings. The molecule has 1 atom stereocenters. The van der Waals surface area contributed by atoms with Crippen molar-refractivity contribution in [3.63, 3.8) is 0 Å². The summed E-state index contributed by atoms with van der Waals surface area (Å²) in [6, 6.07) is 13.7. The van der Waals surface area contributed by atoms with Crippen molar-refractivity contribution in [2.75, 3.05) is 6.61 Å². The first-order chi connectivity index (χ1) is 12.0. The zero-order valence-corrected chi connectivity index (χ0v) is 15.3. The number of amides is 1. The maximum atomic E-state index is 12.3. The van der Waals surface area contributed by atoms with Crippen LogP contribution in [-0.4, -0.2) is 24.5 Å². The highest BCUT2D eigenvalue weighted by Crippen LogP contribution is 2.22. The van der Waals surface area contributed by atoms with E-state index in [1.54, 1.807) is 25.1 Å². The molecule has 0 saturated carbocycles. The minimum Gasteiger partial charge on any atom is -0.464 e. The lowest BCUT2D eigenvalue weighted by atomic mass is 10.1. The topological polar surface area (TPSA) is 55.4 Å². The van der Waals surface area contributed by atoms with Crippen molar-refractivity contribution < 1.29 is 14.3 Å². The Kier molecular flexibility index (Phi) is 7.29. The highest BCUT2D eigenvalue weighted by Gasteiger charge is 2.22. The maximum absolute atomic E-state index is 12.3. The lowest BCUT2D eigenvalue weighted by molar-refractivity contribution is -0.147. The van der Waals surface area contributed by atoms with Crippen molar-refractivity contribution in [2.45, 2.75) is 25.8 Å². The zero-order chi connectivity index (χ0) is 18.2. The molecule has 0 heterocycles. The predicted octanol–water partition coefficient (Wildman–Crippen LogP) is 3.83. The number of esters is 1. The summed E-state index contributed by atoms with van der Waals surface area (Å²) < 4.78 is 5.07. The van der Waals surface area contributed by atoms with Gasteiger partial charge in [0, 0.05) is 6.42 Å². The summed E-state index contributed by atoms with van der Waals surface area (Å²) in [6.07, 6.45) is 0.467. The Morgan fingerprint density at radius 2 is 1.76 bits per heavy atom. The molecule has 0 bridgehead atoms. The summed E-state index contributed by atoms with van der Waals surface area (Å²) in [6.45, 7) is 1.99. The molecular weight excluding hydrogens is 361 g/mol. The number of carbonyl (C=O) groups excluding carboxylic acids is 2. The molecule has 0 radical (unpaired) electrons. The number of hydrogen-bond acceptors (Lipinski definition) is 3. The van der Waals surface area contributed by atoms with Crippen LogP contribution in [0.25, 0.3) is 0 Å². The van der Waals surface area contributed by atoms with Crippen molar-refractivity contribution in [3.8, 4) is 0 Å². The van der Waals surface area contributed by atoms with Crippen molar-refractivity contribution in [1.29, 1.82) is 0 Å². The Morgan fingerprint density at radius 3 is 2.40 bits per heavy atom. The van der Waals surface area contributed by atoms with Gasteiger partial charge in [-0.15, -0.1) is 0 Å². The molecule has 1 amide bonds. The van der Waals surface area contributed by atoms with Crippen LogP contribution in [0.2, 0.25) is 10.0 Å². The molecule has 1 N–H and O–H groups in total. The van der Waals surface area contributed by atoms with Crippen LogP contribution in [0.4, 0.5) is 0 Å². The summed E-state index contributed by atoms with van der Waals surface area (Å²) in [7, 11) is 0. The van der Waals surface area contributed by atoms with Crippen molar-refractivity contribution in [2.24, 2.45) is 0 Å². The average Bonchev–Trinajstić information content (AvgIpc) is 2.59. The van der Waals surface area contributed by atoms with Crippen LogP contribution in [0.5, 0.6) is 0 Å². The molecule has 0 aliphatic carbocycles. The van der Waals surface area contributed by atoms with E-state index in [4.69, 9.17) is 27.9 Å². The lowest BCUT2D eigenvalue weighted by Crippen LogP contribution is -2.44. The number of nitrogens with one attached hydrogen (secondary N) is 1. The van der Waals surface area contributed by atoms with Crippen LogP contribution >= 0.6 is 23.2 Å². The van der Waals surface area contributed by atoms with E-state index in [1.165, 1.54) is 0 Å². The van der Waals surface area contributed by atoms with E-state index in [0.717, 1.165) is 5.56 Å². The molecule has 1 unspecified atom stereocenters. The van der Waals surface area contributed by atoms with E-state index < -0.39 is 12.0 Å². The van der Waals surface area contributed by atoms with Gasteiger partial charge in [-0.05, 0) is 30.2 Å². The highest BCUT2D eigenvalue weighted by molar-refractivity contribution is 6.42. The number of hydrogen-bond donors (Lipinski definition) is 1. The van der Waals surface area contributed by atoms with E-state index in [0.29, 0.717) is 22.0 Å². The Labute approximate surface area is 157 Å². The standard InChI is InChI=1S/C19H19Cl2NO3/c1-2-25-19(24)17(11-13-6-4-3-5-7-13)22-18(23)12-14-8-9-15(20)16(21)10-14/h3-10,17H,2,11-12H2,1H3,(H,22,23). The van der Waals surface area contributed by atoms with Gasteiger partial charge in [0.1, 0.15) is 6.04 Å². The van der Waals surface area contributed by atoms with Crippen LogP contribution in [-0.2, 0) is 27.2 Å². The molecule has 0 saturated heterocycles. The van der Waals surface area contributed by atoms with Gasteiger partial charge in [-0.2, -0.15) is 0 Å². The molecule has 2 aromatic rings. The van der Waals surface area contributed by atoms with Gasteiger partial charge < -0.3 is 10.1 Å². The second-order valence-corrected chi connectivity index (χ2v) is 6.30.